The Balaban J connectivity index is 1.65. The highest BCUT2D eigenvalue weighted by Crippen LogP contribution is 2.26. The van der Waals surface area contributed by atoms with Crippen molar-refractivity contribution >= 4 is 50.2 Å². The lowest BCUT2D eigenvalue weighted by Crippen LogP contribution is -2.05. The molecule has 0 atom stereocenters. The quantitative estimate of drug-likeness (QED) is 0.404. The number of hydrogen-bond donors (Lipinski definition) is 3. The zero-order valence-electron chi connectivity index (χ0n) is 13.7. The van der Waals surface area contributed by atoms with E-state index >= 15 is 0 Å². The first kappa shape index (κ1) is 18.1. The van der Waals surface area contributed by atoms with Gasteiger partial charge in [-0.05, 0) is 51.8 Å². The molecule has 0 bridgehead atoms. The van der Waals surface area contributed by atoms with Crippen molar-refractivity contribution < 1.29 is 9.90 Å². The van der Waals surface area contributed by atoms with Crippen molar-refractivity contribution in [3.8, 4) is 17.0 Å². The lowest BCUT2D eigenvalue weighted by atomic mass is 10.1. The zero-order valence-corrected chi connectivity index (χ0v) is 16.1. The number of anilines is 2. The highest BCUT2D eigenvalue weighted by atomic mass is 79.9. The molecule has 0 spiro atoms. The molecule has 132 valence electrons. The minimum atomic E-state index is -0.101. The third-order valence-corrected chi connectivity index (χ3v) is 4.73. The van der Waals surface area contributed by atoms with Crippen LogP contribution in [0.2, 0.25) is 0 Å². The summed E-state index contributed by atoms with van der Waals surface area (Å²) in [5, 5.41) is 19.0. The minimum absolute atomic E-state index is 0.101. The Hall–Kier alpha value is -2.71. The van der Waals surface area contributed by atoms with E-state index in [4.69, 9.17) is 0 Å². The maximum atomic E-state index is 11.1. The van der Waals surface area contributed by atoms with Gasteiger partial charge in [-0.15, -0.1) is 11.3 Å². The topological polar surface area (TPSA) is 86.6 Å². The summed E-state index contributed by atoms with van der Waals surface area (Å²) in [4.78, 5) is 15.5. The Kier molecular flexibility index (Phi) is 5.65. The molecule has 0 fully saturated rings. The summed E-state index contributed by atoms with van der Waals surface area (Å²) in [5.74, 6) is 0.0839. The van der Waals surface area contributed by atoms with E-state index in [-0.39, 0.29) is 11.7 Å². The average Bonchev–Trinajstić information content (AvgIpc) is 3.07. The second-order valence-corrected chi connectivity index (χ2v) is 7.09. The van der Waals surface area contributed by atoms with E-state index in [1.165, 1.54) is 18.3 Å². The fourth-order valence-corrected chi connectivity index (χ4v) is 3.22. The highest BCUT2D eigenvalue weighted by molar-refractivity contribution is 9.10. The third kappa shape index (κ3) is 4.68. The summed E-state index contributed by atoms with van der Waals surface area (Å²) in [6, 6.07) is 12.6. The average molecular weight is 431 g/mol. The molecule has 0 saturated carbocycles. The molecule has 1 heterocycles. The molecule has 3 rings (SSSR count). The maximum absolute atomic E-state index is 11.1. The van der Waals surface area contributed by atoms with Gasteiger partial charge in [-0.1, -0.05) is 12.1 Å². The summed E-state index contributed by atoms with van der Waals surface area (Å²) in [6.07, 6.45) is 1.65. The largest absolute Gasteiger partial charge is 0.507 e. The van der Waals surface area contributed by atoms with Crippen LogP contribution in [0.25, 0.3) is 11.3 Å². The van der Waals surface area contributed by atoms with E-state index in [1.54, 1.807) is 24.4 Å². The number of halogens is 1. The molecule has 6 nitrogen and oxygen atoms in total. The normalized spacial score (nSPS) is 10.8. The molecule has 0 radical (unpaired) electrons. The lowest BCUT2D eigenvalue weighted by molar-refractivity contribution is -0.114. The van der Waals surface area contributed by atoms with Crippen molar-refractivity contribution in [2.75, 3.05) is 10.7 Å². The molecule has 0 aliphatic rings. The summed E-state index contributed by atoms with van der Waals surface area (Å²) >= 11 is 4.71. The van der Waals surface area contributed by atoms with Crippen LogP contribution in [0.1, 0.15) is 12.5 Å². The van der Waals surface area contributed by atoms with Crippen LogP contribution in [-0.4, -0.2) is 22.2 Å². The molecular weight excluding hydrogens is 416 g/mol. The Labute approximate surface area is 162 Å². The van der Waals surface area contributed by atoms with Crippen LogP contribution >= 0.6 is 27.3 Å². The number of phenols is 1. The van der Waals surface area contributed by atoms with Gasteiger partial charge >= 0.3 is 0 Å². The van der Waals surface area contributed by atoms with Gasteiger partial charge in [0.25, 0.3) is 0 Å². The van der Waals surface area contributed by atoms with Gasteiger partial charge in [0.05, 0.1) is 16.4 Å². The molecular formula is C18H15BrN4O2S. The molecule has 3 aromatic rings. The number of carbonyl (C=O) groups is 1. The van der Waals surface area contributed by atoms with Crippen LogP contribution in [0.3, 0.4) is 0 Å². The highest BCUT2D eigenvalue weighted by Gasteiger charge is 2.05. The molecule has 0 aliphatic heterocycles. The molecule has 1 aromatic heterocycles. The van der Waals surface area contributed by atoms with Crippen molar-refractivity contribution in [2.45, 2.75) is 6.92 Å². The smallest absolute Gasteiger partial charge is 0.221 e. The SMILES string of the molecule is CC(=O)Nc1ccc(-c2csc(N/N=C\c3ccc(O)c(Br)c3)n2)cc1. The van der Waals surface area contributed by atoms with E-state index in [1.807, 2.05) is 29.6 Å². The number of aromatic nitrogens is 1. The molecule has 0 saturated heterocycles. The Morgan fingerprint density at radius 3 is 2.73 bits per heavy atom. The van der Waals surface area contributed by atoms with Gasteiger partial charge in [0, 0.05) is 23.6 Å². The number of amides is 1. The van der Waals surface area contributed by atoms with Crippen LogP contribution in [-0.2, 0) is 4.79 Å². The van der Waals surface area contributed by atoms with Crippen LogP contribution in [0.15, 0.2) is 57.4 Å². The van der Waals surface area contributed by atoms with Crippen LogP contribution in [0.5, 0.6) is 5.75 Å². The standard InChI is InChI=1S/C18H15BrN4O2S/c1-11(24)21-14-5-3-13(4-6-14)16-10-26-18(22-16)23-20-9-12-2-7-17(25)15(19)8-12/h2-10,25H,1H3,(H,21,24)(H,22,23)/b20-9-. The lowest BCUT2D eigenvalue weighted by Gasteiger charge is -2.02. The molecule has 2 aromatic carbocycles. The van der Waals surface area contributed by atoms with Crippen molar-refractivity contribution in [3.63, 3.8) is 0 Å². The predicted octanol–water partition coefficient (Wildman–Crippen LogP) is 4.68. The monoisotopic (exact) mass is 430 g/mol. The fraction of sp³-hybridized carbons (Fsp3) is 0.0556. The van der Waals surface area contributed by atoms with Gasteiger partial charge in [0.2, 0.25) is 11.0 Å². The summed E-state index contributed by atoms with van der Waals surface area (Å²) in [5.41, 5.74) is 6.27. The number of benzene rings is 2. The van der Waals surface area contributed by atoms with E-state index in [0.717, 1.165) is 22.5 Å². The number of nitrogens with zero attached hydrogens (tertiary/aromatic N) is 2. The molecule has 0 unspecified atom stereocenters. The van der Waals surface area contributed by atoms with Crippen LogP contribution in [0, 0.1) is 0 Å². The molecule has 26 heavy (non-hydrogen) atoms. The second kappa shape index (κ2) is 8.11. The number of hydrazone groups is 1. The van der Waals surface area contributed by atoms with E-state index < -0.39 is 0 Å². The van der Waals surface area contributed by atoms with Gasteiger partial charge in [-0.2, -0.15) is 5.10 Å². The Morgan fingerprint density at radius 1 is 1.27 bits per heavy atom. The van der Waals surface area contributed by atoms with Crippen molar-refractivity contribution in [1.29, 1.82) is 0 Å². The van der Waals surface area contributed by atoms with Gasteiger partial charge in [0.1, 0.15) is 5.75 Å². The zero-order chi connectivity index (χ0) is 18.5. The van der Waals surface area contributed by atoms with Crippen LogP contribution < -0.4 is 10.7 Å². The number of rotatable bonds is 5. The van der Waals surface area contributed by atoms with Crippen molar-refractivity contribution in [1.82, 2.24) is 4.98 Å². The summed E-state index contributed by atoms with van der Waals surface area (Å²) in [7, 11) is 0. The number of carbonyl (C=O) groups excluding carboxylic acids is 1. The summed E-state index contributed by atoms with van der Waals surface area (Å²) < 4.78 is 0.612. The minimum Gasteiger partial charge on any atom is -0.507 e. The van der Waals surface area contributed by atoms with Crippen LogP contribution in [0.4, 0.5) is 10.8 Å². The first-order valence-corrected chi connectivity index (χ1v) is 9.29. The first-order chi connectivity index (χ1) is 12.5. The number of hydrogen-bond acceptors (Lipinski definition) is 6. The first-order valence-electron chi connectivity index (χ1n) is 7.62. The maximum Gasteiger partial charge on any atom is 0.221 e. The molecule has 8 heteroatoms. The molecule has 3 N–H and O–H groups in total. The van der Waals surface area contributed by atoms with Gasteiger partial charge in [0.15, 0.2) is 0 Å². The van der Waals surface area contributed by atoms with E-state index in [9.17, 15) is 9.90 Å². The molecule has 1 amide bonds. The Morgan fingerprint density at radius 2 is 2.04 bits per heavy atom. The number of thiazole rings is 1. The number of nitrogens with one attached hydrogen (secondary N) is 2. The van der Waals surface area contributed by atoms with E-state index in [0.29, 0.717) is 9.60 Å². The van der Waals surface area contributed by atoms with Gasteiger partial charge in [-0.25, -0.2) is 4.98 Å². The third-order valence-electron chi connectivity index (χ3n) is 3.35. The van der Waals surface area contributed by atoms with Crippen molar-refractivity contribution in [2.24, 2.45) is 5.10 Å². The van der Waals surface area contributed by atoms with Gasteiger partial charge < -0.3 is 10.4 Å². The number of phenolic OH excluding ortho intramolecular Hbond substituents is 1. The summed E-state index contributed by atoms with van der Waals surface area (Å²) in [6.45, 7) is 1.48. The predicted molar refractivity (Wildman–Crippen MR) is 109 cm³/mol. The Bertz CT molecular complexity index is 954. The number of aromatic hydroxyl groups is 1. The molecule has 0 aliphatic carbocycles. The van der Waals surface area contributed by atoms with Gasteiger partial charge in [-0.3, -0.25) is 10.2 Å². The van der Waals surface area contributed by atoms with Crippen molar-refractivity contribution in [3.05, 3.63) is 57.9 Å². The second-order valence-electron chi connectivity index (χ2n) is 5.38. The fourth-order valence-electron chi connectivity index (χ4n) is 2.15. The van der Waals surface area contributed by atoms with E-state index in [2.05, 4.69) is 36.8 Å².